The third kappa shape index (κ3) is 5.32. The molecule has 0 spiro atoms. The maximum absolute atomic E-state index is 14.1. The summed E-state index contributed by atoms with van der Waals surface area (Å²) in [6.07, 6.45) is 1.42. The Morgan fingerprint density at radius 2 is 1.35 bits per heavy atom. The Hall–Kier alpha value is -4.51. The van der Waals surface area contributed by atoms with Crippen molar-refractivity contribution >= 4 is 57.9 Å². The average molecular weight is 648 g/mol. The number of urea groups is 1. The number of hydrogen-bond acceptors (Lipinski definition) is 5. The summed E-state index contributed by atoms with van der Waals surface area (Å²) in [5.41, 5.74) is 1.33. The van der Waals surface area contributed by atoms with Crippen LogP contribution in [0.15, 0.2) is 103 Å². The molecule has 0 radical (unpaired) electrons. The first-order valence-electron chi connectivity index (χ1n) is 12.2. The maximum atomic E-state index is 14.1. The summed E-state index contributed by atoms with van der Waals surface area (Å²) in [5.74, 6) is -1.15. The van der Waals surface area contributed by atoms with Crippen LogP contribution >= 0.6 is 22.6 Å². The van der Waals surface area contributed by atoms with Crippen LogP contribution in [0.2, 0.25) is 0 Å². The summed E-state index contributed by atoms with van der Waals surface area (Å²) >= 11 is 2.05. The molecule has 0 N–H and O–H groups in total. The number of halogens is 2. The van der Waals surface area contributed by atoms with Crippen LogP contribution in [-0.2, 0) is 16.2 Å². The molecule has 40 heavy (non-hydrogen) atoms. The summed E-state index contributed by atoms with van der Waals surface area (Å²) < 4.78 is 26.1. The monoisotopic (exact) mass is 648 g/mol. The van der Waals surface area contributed by atoms with Gasteiger partial charge >= 0.3 is 6.03 Å². The minimum atomic E-state index is -0.770. The lowest BCUT2D eigenvalue weighted by atomic mass is 10.0. The van der Waals surface area contributed by atoms with Crippen LogP contribution in [0.1, 0.15) is 11.1 Å². The summed E-state index contributed by atoms with van der Waals surface area (Å²) in [6.45, 7) is -0.0172. The van der Waals surface area contributed by atoms with Crippen molar-refractivity contribution in [2.45, 2.75) is 6.61 Å². The van der Waals surface area contributed by atoms with E-state index in [1.165, 1.54) is 19.3 Å². The van der Waals surface area contributed by atoms with Gasteiger partial charge < -0.3 is 9.47 Å². The third-order valence-corrected chi connectivity index (χ3v) is 6.97. The van der Waals surface area contributed by atoms with Gasteiger partial charge in [-0.15, -0.1) is 0 Å². The van der Waals surface area contributed by atoms with E-state index in [-0.39, 0.29) is 18.0 Å². The predicted octanol–water partition coefficient (Wildman–Crippen LogP) is 6.60. The normalized spacial score (nSPS) is 13.5. The number of anilines is 2. The second-order valence-electron chi connectivity index (χ2n) is 8.71. The number of nitrogens with zero attached hydrogens (tertiary/aromatic N) is 2. The highest BCUT2D eigenvalue weighted by molar-refractivity contribution is 14.1. The zero-order chi connectivity index (χ0) is 28.2. The first-order valence-corrected chi connectivity index (χ1v) is 13.3. The Bertz CT molecular complexity index is 1560. The molecule has 4 aromatic rings. The minimum absolute atomic E-state index is 0.0172. The van der Waals surface area contributed by atoms with Crippen molar-refractivity contribution in [2.75, 3.05) is 16.9 Å². The highest BCUT2D eigenvalue weighted by Gasteiger charge is 2.43. The number of hydrogen-bond donors (Lipinski definition) is 0. The molecule has 0 saturated carbocycles. The van der Waals surface area contributed by atoms with E-state index >= 15 is 0 Å². The number of carbonyl (C=O) groups excluding carboxylic acids is 3. The number of benzene rings is 4. The average Bonchev–Trinajstić information content (AvgIpc) is 2.96. The fourth-order valence-corrected chi connectivity index (χ4v) is 5.02. The number of rotatable bonds is 7. The van der Waals surface area contributed by atoms with Crippen molar-refractivity contribution < 1.29 is 28.2 Å². The number of barbiturate groups is 1. The number of carbonyl (C=O) groups is 3. The number of imide groups is 2. The second kappa shape index (κ2) is 11.7. The van der Waals surface area contributed by atoms with Crippen molar-refractivity contribution in [2.24, 2.45) is 0 Å². The molecule has 0 aromatic heterocycles. The Balaban J connectivity index is 1.55. The molecule has 0 atom stereocenters. The molecule has 1 fully saturated rings. The summed E-state index contributed by atoms with van der Waals surface area (Å²) in [5, 5.41) is 0. The highest BCUT2D eigenvalue weighted by atomic mass is 127. The first-order chi connectivity index (χ1) is 19.4. The molecule has 1 heterocycles. The highest BCUT2D eigenvalue weighted by Crippen LogP contribution is 2.36. The molecular weight excluding hydrogens is 626 g/mol. The molecule has 0 aliphatic carbocycles. The summed E-state index contributed by atoms with van der Waals surface area (Å²) in [7, 11) is 1.46. The van der Waals surface area contributed by atoms with E-state index in [2.05, 4.69) is 0 Å². The zero-order valence-electron chi connectivity index (χ0n) is 21.2. The fourth-order valence-electron chi connectivity index (χ4n) is 4.23. The standard InChI is InChI=1S/C31H22FIN2O5/c1-39-27-18-20(17-26(33)28(27)40-19-21-10-8-9-15-25(21)32)16-24-29(36)34(22-11-4-2-5-12-22)31(38)35(30(24)37)23-13-6-3-7-14-23/h2-18H,19H2,1H3. The van der Waals surface area contributed by atoms with Crippen LogP contribution in [-0.4, -0.2) is 25.0 Å². The van der Waals surface area contributed by atoms with Gasteiger partial charge in [0.05, 0.1) is 22.1 Å². The quantitative estimate of drug-likeness (QED) is 0.128. The Kier molecular flexibility index (Phi) is 7.92. The van der Waals surface area contributed by atoms with Crippen LogP contribution in [0.3, 0.4) is 0 Å². The second-order valence-corrected chi connectivity index (χ2v) is 9.87. The van der Waals surface area contributed by atoms with E-state index in [1.54, 1.807) is 91.0 Å². The molecule has 200 valence electrons. The molecule has 0 unspecified atom stereocenters. The van der Waals surface area contributed by atoms with Gasteiger partial charge in [-0.05, 0) is 76.7 Å². The molecular formula is C31H22FIN2O5. The van der Waals surface area contributed by atoms with Crippen molar-refractivity contribution in [3.63, 3.8) is 0 Å². The smallest absolute Gasteiger partial charge is 0.343 e. The Labute approximate surface area is 243 Å². The van der Waals surface area contributed by atoms with Crippen molar-refractivity contribution in [1.29, 1.82) is 0 Å². The molecule has 9 heteroatoms. The number of ether oxygens (including phenoxy) is 2. The van der Waals surface area contributed by atoms with Crippen LogP contribution < -0.4 is 19.3 Å². The van der Waals surface area contributed by atoms with E-state index in [4.69, 9.17) is 9.47 Å². The predicted molar refractivity (Wildman–Crippen MR) is 158 cm³/mol. The van der Waals surface area contributed by atoms with Gasteiger partial charge in [0.25, 0.3) is 11.8 Å². The van der Waals surface area contributed by atoms with Gasteiger partial charge in [0.15, 0.2) is 11.5 Å². The molecule has 7 nitrogen and oxygen atoms in total. The van der Waals surface area contributed by atoms with Crippen molar-refractivity contribution in [1.82, 2.24) is 0 Å². The molecule has 1 aliphatic rings. The lowest BCUT2D eigenvalue weighted by Crippen LogP contribution is -2.57. The Morgan fingerprint density at radius 1 is 0.800 bits per heavy atom. The van der Waals surface area contributed by atoms with Crippen LogP contribution in [0.5, 0.6) is 11.5 Å². The maximum Gasteiger partial charge on any atom is 0.343 e. The lowest BCUT2D eigenvalue weighted by Gasteiger charge is -2.34. The molecule has 1 saturated heterocycles. The molecule has 0 bridgehead atoms. The lowest BCUT2D eigenvalue weighted by molar-refractivity contribution is -0.121. The first kappa shape index (κ1) is 27.1. The zero-order valence-corrected chi connectivity index (χ0v) is 23.4. The molecule has 5 rings (SSSR count). The fraction of sp³-hybridized carbons (Fsp3) is 0.0645. The van der Waals surface area contributed by atoms with Crippen molar-refractivity contribution in [3.05, 3.63) is 123 Å². The van der Waals surface area contributed by atoms with Gasteiger partial charge in [0.1, 0.15) is 18.0 Å². The summed E-state index contributed by atoms with van der Waals surface area (Å²) in [4.78, 5) is 42.7. The number of amides is 4. The third-order valence-electron chi connectivity index (χ3n) is 6.17. The van der Waals surface area contributed by atoms with E-state index in [0.29, 0.717) is 37.6 Å². The molecule has 4 aromatic carbocycles. The number of methoxy groups -OCH3 is 1. The van der Waals surface area contributed by atoms with Gasteiger partial charge in [-0.1, -0.05) is 54.6 Å². The molecule has 1 aliphatic heterocycles. The SMILES string of the molecule is COc1cc(C=C2C(=O)N(c3ccccc3)C(=O)N(c3ccccc3)C2=O)cc(I)c1OCc1ccccc1F. The van der Waals surface area contributed by atoms with Gasteiger partial charge in [0.2, 0.25) is 0 Å². The van der Waals surface area contributed by atoms with E-state index in [0.717, 1.165) is 9.80 Å². The summed E-state index contributed by atoms with van der Waals surface area (Å²) in [6, 6.07) is 25.7. The van der Waals surface area contributed by atoms with Gasteiger partial charge in [-0.2, -0.15) is 0 Å². The number of para-hydroxylation sites is 2. The van der Waals surface area contributed by atoms with Crippen molar-refractivity contribution in [3.8, 4) is 11.5 Å². The van der Waals surface area contributed by atoms with Gasteiger partial charge in [0, 0.05) is 5.56 Å². The van der Waals surface area contributed by atoms with Crippen LogP contribution in [0.25, 0.3) is 6.08 Å². The topological polar surface area (TPSA) is 76.2 Å². The Morgan fingerprint density at radius 3 is 1.90 bits per heavy atom. The van der Waals surface area contributed by atoms with Crippen LogP contribution in [0, 0.1) is 9.39 Å². The minimum Gasteiger partial charge on any atom is -0.493 e. The largest absolute Gasteiger partial charge is 0.493 e. The van der Waals surface area contributed by atoms with Crippen LogP contribution in [0.4, 0.5) is 20.6 Å². The van der Waals surface area contributed by atoms with E-state index < -0.39 is 17.8 Å². The van der Waals surface area contributed by atoms with E-state index in [9.17, 15) is 18.8 Å². The van der Waals surface area contributed by atoms with E-state index in [1.807, 2.05) is 22.6 Å². The molecule has 4 amide bonds. The van der Waals surface area contributed by atoms with Gasteiger partial charge in [-0.25, -0.2) is 19.0 Å². The van der Waals surface area contributed by atoms with Gasteiger partial charge in [-0.3, -0.25) is 9.59 Å².